The van der Waals surface area contributed by atoms with Crippen LogP contribution in [0.5, 0.6) is 11.5 Å². The molecule has 6 heteroatoms. The number of nitrogens with zero attached hydrogens (tertiary/aromatic N) is 1. The molecule has 0 aliphatic rings. The van der Waals surface area contributed by atoms with Gasteiger partial charge in [-0.15, -0.1) is 0 Å². The zero-order valence-corrected chi connectivity index (χ0v) is 13.8. The molecular weight excluding hydrogens is 320 g/mol. The quantitative estimate of drug-likeness (QED) is 0.716. The SMILES string of the molecule is COc1cc(CNC(=O)c2ccoc2)ccc1OCc1ccncc1. The molecule has 0 unspecified atom stereocenters. The van der Waals surface area contributed by atoms with Gasteiger partial charge in [-0.2, -0.15) is 0 Å². The lowest BCUT2D eigenvalue weighted by atomic mass is 10.2. The largest absolute Gasteiger partial charge is 0.493 e. The second-order valence-electron chi connectivity index (χ2n) is 5.32. The molecule has 0 saturated heterocycles. The average molecular weight is 338 g/mol. The van der Waals surface area contributed by atoms with E-state index in [9.17, 15) is 4.79 Å². The number of carbonyl (C=O) groups excluding carboxylic acids is 1. The molecule has 3 rings (SSSR count). The van der Waals surface area contributed by atoms with Gasteiger partial charge < -0.3 is 19.2 Å². The van der Waals surface area contributed by atoms with Gasteiger partial charge in [-0.05, 0) is 41.5 Å². The Morgan fingerprint density at radius 1 is 1.12 bits per heavy atom. The Kier molecular flexibility index (Phi) is 5.31. The van der Waals surface area contributed by atoms with Crippen LogP contribution in [0.4, 0.5) is 0 Å². The van der Waals surface area contributed by atoms with Crippen molar-refractivity contribution in [3.05, 3.63) is 78.0 Å². The van der Waals surface area contributed by atoms with E-state index in [0.717, 1.165) is 11.1 Å². The van der Waals surface area contributed by atoms with Crippen LogP contribution >= 0.6 is 0 Å². The second-order valence-corrected chi connectivity index (χ2v) is 5.32. The van der Waals surface area contributed by atoms with Gasteiger partial charge in [0.25, 0.3) is 5.91 Å². The third-order valence-electron chi connectivity index (χ3n) is 3.61. The molecule has 25 heavy (non-hydrogen) atoms. The van der Waals surface area contributed by atoms with Gasteiger partial charge in [0.05, 0.1) is 18.9 Å². The van der Waals surface area contributed by atoms with Crippen LogP contribution < -0.4 is 14.8 Å². The number of carbonyl (C=O) groups is 1. The standard InChI is InChI=1S/C19H18N2O4/c1-23-18-10-15(11-21-19(22)16-6-9-24-13-16)2-3-17(18)25-12-14-4-7-20-8-5-14/h2-10,13H,11-12H2,1H3,(H,21,22). The molecule has 0 aliphatic carbocycles. The van der Waals surface area contributed by atoms with E-state index in [4.69, 9.17) is 13.9 Å². The van der Waals surface area contributed by atoms with Gasteiger partial charge in [-0.3, -0.25) is 9.78 Å². The van der Waals surface area contributed by atoms with Gasteiger partial charge in [0.15, 0.2) is 11.5 Å². The first-order valence-corrected chi connectivity index (χ1v) is 7.75. The maximum Gasteiger partial charge on any atom is 0.254 e. The molecule has 128 valence electrons. The minimum absolute atomic E-state index is 0.189. The van der Waals surface area contributed by atoms with Crippen LogP contribution in [0, 0.1) is 0 Å². The molecule has 2 heterocycles. The number of benzene rings is 1. The van der Waals surface area contributed by atoms with Crippen molar-refractivity contribution in [3.63, 3.8) is 0 Å². The normalized spacial score (nSPS) is 10.3. The first kappa shape index (κ1) is 16.6. The topological polar surface area (TPSA) is 73.6 Å². The van der Waals surface area contributed by atoms with E-state index in [1.807, 2.05) is 30.3 Å². The lowest BCUT2D eigenvalue weighted by Crippen LogP contribution is -2.22. The van der Waals surface area contributed by atoms with Crippen LogP contribution in [-0.2, 0) is 13.2 Å². The summed E-state index contributed by atoms with van der Waals surface area (Å²) >= 11 is 0. The number of pyridine rings is 1. The van der Waals surface area contributed by atoms with Crippen LogP contribution in [-0.4, -0.2) is 18.0 Å². The summed E-state index contributed by atoms with van der Waals surface area (Å²) in [6.45, 7) is 0.806. The number of ether oxygens (including phenoxy) is 2. The summed E-state index contributed by atoms with van der Waals surface area (Å²) in [5.41, 5.74) is 2.42. The molecule has 0 fully saturated rings. The third-order valence-corrected chi connectivity index (χ3v) is 3.61. The number of hydrogen-bond donors (Lipinski definition) is 1. The van der Waals surface area contributed by atoms with E-state index in [1.165, 1.54) is 12.5 Å². The monoisotopic (exact) mass is 338 g/mol. The maximum atomic E-state index is 11.9. The van der Waals surface area contributed by atoms with Crippen molar-refractivity contribution in [3.8, 4) is 11.5 Å². The highest BCUT2D eigenvalue weighted by atomic mass is 16.5. The summed E-state index contributed by atoms with van der Waals surface area (Å²) in [5, 5.41) is 2.83. The number of methoxy groups -OCH3 is 1. The Balaban J connectivity index is 1.62. The molecule has 0 atom stereocenters. The predicted molar refractivity (Wildman–Crippen MR) is 91.4 cm³/mol. The summed E-state index contributed by atoms with van der Waals surface area (Å²) in [5.74, 6) is 1.07. The Labute approximate surface area is 145 Å². The highest BCUT2D eigenvalue weighted by molar-refractivity contribution is 5.93. The van der Waals surface area contributed by atoms with E-state index in [0.29, 0.717) is 30.2 Å². The summed E-state index contributed by atoms with van der Waals surface area (Å²) in [4.78, 5) is 15.9. The molecular formula is C19H18N2O4. The average Bonchev–Trinajstić information content (AvgIpc) is 3.20. The molecule has 0 bridgehead atoms. The molecule has 0 aliphatic heterocycles. The fourth-order valence-electron chi connectivity index (χ4n) is 2.26. The van der Waals surface area contributed by atoms with E-state index in [2.05, 4.69) is 10.3 Å². The summed E-state index contributed by atoms with van der Waals surface area (Å²) < 4.78 is 16.1. The smallest absolute Gasteiger partial charge is 0.254 e. The fraction of sp³-hybridized carbons (Fsp3) is 0.158. The first-order chi connectivity index (χ1) is 12.3. The zero-order chi connectivity index (χ0) is 17.5. The van der Waals surface area contributed by atoms with Crippen molar-refractivity contribution in [1.29, 1.82) is 0 Å². The van der Waals surface area contributed by atoms with Crippen LogP contribution in [0.1, 0.15) is 21.5 Å². The number of hydrogen-bond acceptors (Lipinski definition) is 5. The molecule has 1 aromatic carbocycles. The van der Waals surface area contributed by atoms with Crippen LogP contribution in [0.3, 0.4) is 0 Å². The molecule has 1 N–H and O–H groups in total. The van der Waals surface area contributed by atoms with Crippen molar-refractivity contribution in [1.82, 2.24) is 10.3 Å². The van der Waals surface area contributed by atoms with E-state index < -0.39 is 0 Å². The minimum Gasteiger partial charge on any atom is -0.493 e. The maximum absolute atomic E-state index is 11.9. The van der Waals surface area contributed by atoms with Crippen molar-refractivity contribution < 1.29 is 18.7 Å². The lowest BCUT2D eigenvalue weighted by Gasteiger charge is -2.12. The van der Waals surface area contributed by atoms with Crippen LogP contribution in [0.2, 0.25) is 0 Å². The molecule has 6 nitrogen and oxygen atoms in total. The zero-order valence-electron chi connectivity index (χ0n) is 13.8. The van der Waals surface area contributed by atoms with Gasteiger partial charge in [0.2, 0.25) is 0 Å². The van der Waals surface area contributed by atoms with Gasteiger partial charge in [0, 0.05) is 18.9 Å². The van der Waals surface area contributed by atoms with Crippen molar-refractivity contribution >= 4 is 5.91 Å². The van der Waals surface area contributed by atoms with E-state index in [1.54, 1.807) is 25.6 Å². The van der Waals surface area contributed by atoms with Gasteiger partial charge in [-0.25, -0.2) is 0 Å². The number of aromatic nitrogens is 1. The summed E-state index contributed by atoms with van der Waals surface area (Å²) in [6, 6.07) is 11.0. The summed E-state index contributed by atoms with van der Waals surface area (Å²) in [6.07, 6.45) is 6.32. The van der Waals surface area contributed by atoms with Crippen molar-refractivity contribution in [2.75, 3.05) is 7.11 Å². The summed E-state index contributed by atoms with van der Waals surface area (Å²) in [7, 11) is 1.59. The Hall–Kier alpha value is -3.28. The van der Waals surface area contributed by atoms with Crippen molar-refractivity contribution in [2.45, 2.75) is 13.2 Å². The third kappa shape index (κ3) is 4.38. The van der Waals surface area contributed by atoms with Gasteiger partial charge in [0.1, 0.15) is 12.9 Å². The second kappa shape index (κ2) is 8.01. The molecule has 0 saturated carbocycles. The Morgan fingerprint density at radius 3 is 2.68 bits per heavy atom. The van der Waals surface area contributed by atoms with E-state index in [-0.39, 0.29) is 5.91 Å². The fourth-order valence-corrected chi connectivity index (χ4v) is 2.26. The highest BCUT2D eigenvalue weighted by Crippen LogP contribution is 2.28. The molecule has 1 amide bonds. The molecule has 0 radical (unpaired) electrons. The van der Waals surface area contributed by atoms with E-state index >= 15 is 0 Å². The number of furan rings is 1. The van der Waals surface area contributed by atoms with Crippen LogP contribution in [0.15, 0.2) is 65.7 Å². The first-order valence-electron chi connectivity index (χ1n) is 7.75. The van der Waals surface area contributed by atoms with Crippen LogP contribution in [0.25, 0.3) is 0 Å². The van der Waals surface area contributed by atoms with Gasteiger partial charge >= 0.3 is 0 Å². The number of amides is 1. The molecule has 0 spiro atoms. The Bertz CT molecular complexity index is 817. The predicted octanol–water partition coefficient (Wildman–Crippen LogP) is 3.19. The number of rotatable bonds is 7. The van der Waals surface area contributed by atoms with Gasteiger partial charge in [-0.1, -0.05) is 6.07 Å². The minimum atomic E-state index is -0.189. The van der Waals surface area contributed by atoms with Crippen molar-refractivity contribution in [2.24, 2.45) is 0 Å². The molecule has 2 aromatic heterocycles. The lowest BCUT2D eigenvalue weighted by molar-refractivity contribution is 0.0950. The molecule has 3 aromatic rings. The number of nitrogens with one attached hydrogen (secondary N) is 1. The highest BCUT2D eigenvalue weighted by Gasteiger charge is 2.09. The Morgan fingerprint density at radius 2 is 1.96 bits per heavy atom.